The van der Waals surface area contributed by atoms with Crippen LogP contribution in [0.25, 0.3) is 0 Å². The number of anilines is 1. The summed E-state index contributed by atoms with van der Waals surface area (Å²) in [6.07, 6.45) is 4.34. The van der Waals surface area contributed by atoms with Crippen molar-refractivity contribution in [3.05, 3.63) is 88.7 Å². The Morgan fingerprint density at radius 2 is 1.76 bits per heavy atom. The Bertz CT molecular complexity index is 871. The number of aromatic nitrogens is 1. The number of halogens is 1. The fourth-order valence-corrected chi connectivity index (χ4v) is 3.19. The smallest absolute Gasteiger partial charge is 0.226 e. The van der Waals surface area contributed by atoms with E-state index in [0.717, 1.165) is 16.8 Å². The van der Waals surface area contributed by atoms with Crippen LogP contribution in [0.1, 0.15) is 29.2 Å². The van der Waals surface area contributed by atoms with Gasteiger partial charge in [-0.15, -0.1) is 0 Å². The summed E-state index contributed by atoms with van der Waals surface area (Å²) in [5.41, 5.74) is 3.96. The maximum Gasteiger partial charge on any atom is 0.226 e. The van der Waals surface area contributed by atoms with Crippen molar-refractivity contribution in [3.63, 3.8) is 0 Å². The molecule has 0 aliphatic carbocycles. The number of rotatable bonds is 5. The van der Waals surface area contributed by atoms with Gasteiger partial charge in [0, 0.05) is 23.1 Å². The van der Waals surface area contributed by atoms with Gasteiger partial charge in [0.2, 0.25) is 5.91 Å². The zero-order valence-electron chi connectivity index (χ0n) is 14.4. The van der Waals surface area contributed by atoms with Crippen LogP contribution in [-0.2, 0) is 4.79 Å². The molecule has 0 saturated heterocycles. The highest BCUT2D eigenvalue weighted by atomic mass is 35.5. The van der Waals surface area contributed by atoms with Crippen molar-refractivity contribution in [1.82, 2.24) is 4.57 Å². The molecule has 0 fully saturated rings. The predicted octanol–water partition coefficient (Wildman–Crippen LogP) is 5.38. The minimum absolute atomic E-state index is 0.0349. The number of benzene rings is 2. The van der Waals surface area contributed by atoms with E-state index in [1.807, 2.05) is 61.8 Å². The summed E-state index contributed by atoms with van der Waals surface area (Å²) < 4.78 is 2.08. The summed E-state index contributed by atoms with van der Waals surface area (Å²) in [7, 11) is 0. The molecule has 128 valence electrons. The first-order chi connectivity index (χ1) is 12.1. The van der Waals surface area contributed by atoms with E-state index in [1.54, 1.807) is 0 Å². The fraction of sp³-hybridized carbons (Fsp3) is 0.190. The maximum atomic E-state index is 12.7. The highest BCUT2D eigenvalue weighted by Gasteiger charge is 2.19. The van der Waals surface area contributed by atoms with Crippen LogP contribution >= 0.6 is 11.6 Å². The molecule has 0 aliphatic heterocycles. The van der Waals surface area contributed by atoms with Crippen molar-refractivity contribution in [2.45, 2.75) is 26.3 Å². The number of carbonyl (C=O) groups is 1. The highest BCUT2D eigenvalue weighted by molar-refractivity contribution is 6.31. The molecule has 25 heavy (non-hydrogen) atoms. The van der Waals surface area contributed by atoms with Crippen LogP contribution in [0, 0.1) is 13.8 Å². The largest absolute Gasteiger partial charge is 0.346 e. The first kappa shape index (κ1) is 17.3. The van der Waals surface area contributed by atoms with Gasteiger partial charge < -0.3 is 9.88 Å². The van der Waals surface area contributed by atoms with E-state index in [0.29, 0.717) is 11.4 Å². The van der Waals surface area contributed by atoms with Gasteiger partial charge in [0.1, 0.15) is 0 Å². The van der Waals surface area contributed by atoms with E-state index >= 15 is 0 Å². The van der Waals surface area contributed by atoms with Gasteiger partial charge in [0.15, 0.2) is 0 Å². The Morgan fingerprint density at radius 1 is 1.04 bits per heavy atom. The number of aryl methyl sites for hydroxylation is 1. The number of carbonyl (C=O) groups excluding carboxylic acids is 1. The van der Waals surface area contributed by atoms with E-state index in [2.05, 4.69) is 28.9 Å². The normalized spacial score (nSPS) is 12.0. The molecule has 0 aliphatic rings. The van der Waals surface area contributed by atoms with Gasteiger partial charge in [0.25, 0.3) is 0 Å². The summed E-state index contributed by atoms with van der Waals surface area (Å²) >= 11 is 6.15. The molecule has 1 aromatic heterocycles. The topological polar surface area (TPSA) is 34.0 Å². The summed E-state index contributed by atoms with van der Waals surface area (Å²) in [4.78, 5) is 12.7. The lowest BCUT2D eigenvalue weighted by Gasteiger charge is -2.21. The zero-order valence-corrected chi connectivity index (χ0v) is 15.1. The summed E-state index contributed by atoms with van der Waals surface area (Å²) in [6, 6.07) is 17.6. The number of nitrogens with one attached hydrogen (secondary N) is 1. The van der Waals surface area contributed by atoms with Gasteiger partial charge in [-0.05, 0) is 54.8 Å². The molecule has 0 spiro atoms. The lowest BCUT2D eigenvalue weighted by atomic mass is 9.98. The van der Waals surface area contributed by atoms with Gasteiger partial charge in [-0.3, -0.25) is 4.79 Å². The maximum absolute atomic E-state index is 12.7. The number of nitrogens with zero attached hydrogens (tertiary/aromatic N) is 1. The average molecular weight is 353 g/mol. The van der Waals surface area contributed by atoms with Gasteiger partial charge >= 0.3 is 0 Å². The predicted molar refractivity (Wildman–Crippen MR) is 103 cm³/mol. The van der Waals surface area contributed by atoms with Gasteiger partial charge in [-0.25, -0.2) is 0 Å². The molecule has 0 saturated carbocycles. The van der Waals surface area contributed by atoms with Crippen LogP contribution in [0.5, 0.6) is 0 Å². The molecule has 1 heterocycles. The second kappa shape index (κ2) is 7.58. The molecule has 0 radical (unpaired) electrons. The first-order valence-electron chi connectivity index (χ1n) is 8.29. The highest BCUT2D eigenvalue weighted by Crippen LogP contribution is 2.27. The minimum Gasteiger partial charge on any atom is -0.346 e. The number of hydrogen-bond donors (Lipinski definition) is 1. The van der Waals surface area contributed by atoms with Crippen LogP contribution in [0.4, 0.5) is 5.69 Å². The van der Waals surface area contributed by atoms with Crippen molar-refractivity contribution in [1.29, 1.82) is 0 Å². The summed E-state index contributed by atoms with van der Waals surface area (Å²) in [6.45, 7) is 3.98. The van der Waals surface area contributed by atoms with Crippen molar-refractivity contribution in [3.8, 4) is 0 Å². The average Bonchev–Trinajstić information content (AvgIpc) is 3.12. The Balaban J connectivity index is 1.85. The molecule has 1 amide bonds. The third kappa shape index (κ3) is 3.94. The van der Waals surface area contributed by atoms with Crippen molar-refractivity contribution < 1.29 is 4.79 Å². The molecular weight excluding hydrogens is 332 g/mol. The molecule has 1 atom stereocenters. The molecular formula is C21H21ClN2O. The second-order valence-corrected chi connectivity index (χ2v) is 6.57. The Morgan fingerprint density at radius 3 is 2.48 bits per heavy atom. The Hall–Kier alpha value is -2.52. The molecule has 0 bridgehead atoms. The van der Waals surface area contributed by atoms with Crippen LogP contribution in [0.2, 0.25) is 5.02 Å². The molecule has 3 nitrogen and oxygen atoms in total. The van der Waals surface area contributed by atoms with Crippen LogP contribution in [0.3, 0.4) is 0 Å². The minimum atomic E-state index is -0.0457. The Kier molecular flexibility index (Phi) is 5.25. The molecule has 2 aromatic carbocycles. The van der Waals surface area contributed by atoms with E-state index in [1.165, 1.54) is 5.56 Å². The van der Waals surface area contributed by atoms with E-state index in [-0.39, 0.29) is 11.9 Å². The van der Waals surface area contributed by atoms with E-state index in [4.69, 9.17) is 11.6 Å². The van der Waals surface area contributed by atoms with E-state index < -0.39 is 0 Å². The van der Waals surface area contributed by atoms with Crippen LogP contribution in [0.15, 0.2) is 67.0 Å². The Labute approximate surface area is 153 Å². The molecule has 4 heteroatoms. The lowest BCUT2D eigenvalue weighted by molar-refractivity contribution is -0.116. The molecule has 3 rings (SSSR count). The number of hydrogen-bond acceptors (Lipinski definition) is 1. The van der Waals surface area contributed by atoms with Gasteiger partial charge in [0.05, 0.1) is 12.5 Å². The SMILES string of the molecule is Cc1ccccc1[C@@H](CC(=O)Nc1cccc(Cl)c1C)n1cccc1. The third-order valence-corrected chi connectivity index (χ3v) is 4.86. The summed E-state index contributed by atoms with van der Waals surface area (Å²) in [5, 5.41) is 3.65. The summed E-state index contributed by atoms with van der Waals surface area (Å²) in [5.74, 6) is -0.0349. The van der Waals surface area contributed by atoms with Crippen molar-refractivity contribution in [2.75, 3.05) is 5.32 Å². The fourth-order valence-electron chi connectivity index (χ4n) is 3.01. The molecule has 1 N–H and O–H groups in total. The standard InChI is InChI=1S/C21H21ClN2O/c1-15-8-3-4-9-17(15)20(24-12-5-6-13-24)14-21(25)23-19-11-7-10-18(22)16(19)2/h3-13,20H,14H2,1-2H3,(H,23,25)/t20-/m1/s1. The quantitative estimate of drug-likeness (QED) is 0.657. The third-order valence-electron chi connectivity index (χ3n) is 4.46. The number of amides is 1. The lowest BCUT2D eigenvalue weighted by Crippen LogP contribution is -2.20. The first-order valence-corrected chi connectivity index (χ1v) is 8.67. The second-order valence-electron chi connectivity index (χ2n) is 6.17. The van der Waals surface area contributed by atoms with Crippen molar-refractivity contribution in [2.24, 2.45) is 0 Å². The van der Waals surface area contributed by atoms with E-state index in [9.17, 15) is 4.79 Å². The molecule has 3 aromatic rings. The van der Waals surface area contributed by atoms with Gasteiger partial charge in [-0.1, -0.05) is 41.9 Å². The van der Waals surface area contributed by atoms with Crippen molar-refractivity contribution >= 4 is 23.2 Å². The zero-order chi connectivity index (χ0) is 17.8. The van der Waals surface area contributed by atoms with Crippen LogP contribution in [-0.4, -0.2) is 10.5 Å². The van der Waals surface area contributed by atoms with Crippen LogP contribution < -0.4 is 5.32 Å². The molecule has 0 unspecified atom stereocenters. The monoisotopic (exact) mass is 352 g/mol. The van der Waals surface area contributed by atoms with Gasteiger partial charge in [-0.2, -0.15) is 0 Å².